The van der Waals surface area contributed by atoms with Crippen LogP contribution in [0.2, 0.25) is 0 Å². The highest BCUT2D eigenvalue weighted by atomic mass is 19.1. The van der Waals surface area contributed by atoms with E-state index in [1.807, 2.05) is 20.8 Å². The van der Waals surface area contributed by atoms with Crippen LogP contribution in [0.25, 0.3) is 11.1 Å². The van der Waals surface area contributed by atoms with E-state index in [0.29, 0.717) is 36.3 Å². The van der Waals surface area contributed by atoms with Gasteiger partial charge in [0.25, 0.3) is 0 Å². The zero-order chi connectivity index (χ0) is 21.2. The molecular formula is C23H26F2N2O2. The number of hydrogen-bond acceptors (Lipinski definition) is 2. The molecule has 1 heterocycles. The normalized spacial score (nSPS) is 17.1. The number of piperidine rings is 1. The number of carbonyl (C=O) groups excluding carboxylic acids is 2. The molecule has 0 spiro atoms. The quantitative estimate of drug-likeness (QED) is 0.800. The van der Waals surface area contributed by atoms with E-state index in [2.05, 4.69) is 5.32 Å². The predicted molar refractivity (Wildman–Crippen MR) is 109 cm³/mol. The molecule has 1 aliphatic rings. The molecule has 29 heavy (non-hydrogen) atoms. The maximum Gasteiger partial charge on any atom is 0.229 e. The van der Waals surface area contributed by atoms with E-state index < -0.39 is 11.2 Å². The molecule has 1 saturated heterocycles. The minimum absolute atomic E-state index is 0.0313. The minimum atomic E-state index is -0.495. The zero-order valence-corrected chi connectivity index (χ0v) is 17.0. The summed E-state index contributed by atoms with van der Waals surface area (Å²) in [6.45, 7) is 6.62. The third kappa shape index (κ3) is 5.00. The molecule has 4 nitrogen and oxygen atoms in total. The summed E-state index contributed by atoms with van der Waals surface area (Å²) in [5.41, 5.74) is 1.05. The van der Waals surface area contributed by atoms with Crippen molar-refractivity contribution >= 4 is 17.5 Å². The molecule has 0 radical (unpaired) electrons. The lowest BCUT2D eigenvalue weighted by Crippen LogP contribution is -2.47. The molecule has 0 aliphatic carbocycles. The second-order valence-corrected chi connectivity index (χ2v) is 8.53. The number of carbonyl (C=O) groups is 2. The van der Waals surface area contributed by atoms with Gasteiger partial charge in [-0.25, -0.2) is 8.78 Å². The van der Waals surface area contributed by atoms with Crippen LogP contribution in [0.4, 0.5) is 14.5 Å². The number of hydrogen-bond donors (Lipinski definition) is 1. The van der Waals surface area contributed by atoms with Crippen LogP contribution in [-0.4, -0.2) is 29.8 Å². The molecule has 1 fully saturated rings. The molecule has 1 unspecified atom stereocenters. The Labute approximate surface area is 169 Å². The summed E-state index contributed by atoms with van der Waals surface area (Å²) < 4.78 is 27.1. The molecule has 1 N–H and O–H groups in total. The SMILES string of the molecule is CC(C)(C)C(=O)N1CCCC(C(=O)Nc2ccc(F)cc2-c2ccc(F)cc2)C1. The fraction of sp³-hybridized carbons (Fsp3) is 0.391. The van der Waals surface area contributed by atoms with E-state index in [-0.39, 0.29) is 23.5 Å². The van der Waals surface area contributed by atoms with Gasteiger partial charge in [0.1, 0.15) is 11.6 Å². The summed E-state index contributed by atoms with van der Waals surface area (Å²) in [7, 11) is 0. The summed E-state index contributed by atoms with van der Waals surface area (Å²) in [5.74, 6) is -1.33. The van der Waals surface area contributed by atoms with Crippen molar-refractivity contribution in [2.24, 2.45) is 11.3 Å². The number of anilines is 1. The van der Waals surface area contributed by atoms with Gasteiger partial charge in [-0.3, -0.25) is 9.59 Å². The molecule has 154 valence electrons. The Morgan fingerprint density at radius 2 is 1.69 bits per heavy atom. The Morgan fingerprint density at radius 3 is 2.34 bits per heavy atom. The van der Waals surface area contributed by atoms with Crippen LogP contribution in [-0.2, 0) is 9.59 Å². The van der Waals surface area contributed by atoms with Crippen molar-refractivity contribution in [3.63, 3.8) is 0 Å². The van der Waals surface area contributed by atoms with Crippen molar-refractivity contribution in [2.45, 2.75) is 33.6 Å². The number of nitrogens with one attached hydrogen (secondary N) is 1. The lowest BCUT2D eigenvalue weighted by atomic mass is 9.90. The third-order valence-corrected chi connectivity index (χ3v) is 5.12. The molecule has 0 saturated carbocycles. The molecule has 2 amide bonds. The van der Waals surface area contributed by atoms with Crippen LogP contribution >= 0.6 is 0 Å². The molecule has 1 atom stereocenters. The summed E-state index contributed by atoms with van der Waals surface area (Å²) in [6.07, 6.45) is 1.45. The Morgan fingerprint density at radius 1 is 1.03 bits per heavy atom. The van der Waals surface area contributed by atoms with E-state index in [9.17, 15) is 18.4 Å². The van der Waals surface area contributed by atoms with Crippen LogP contribution in [0.15, 0.2) is 42.5 Å². The van der Waals surface area contributed by atoms with E-state index in [1.54, 1.807) is 17.0 Å². The smallest absolute Gasteiger partial charge is 0.229 e. The topological polar surface area (TPSA) is 49.4 Å². The molecule has 0 bridgehead atoms. The van der Waals surface area contributed by atoms with Crippen molar-refractivity contribution < 1.29 is 18.4 Å². The molecule has 6 heteroatoms. The Balaban J connectivity index is 1.79. The highest BCUT2D eigenvalue weighted by Gasteiger charge is 2.33. The van der Waals surface area contributed by atoms with Crippen LogP contribution < -0.4 is 5.32 Å². The standard InChI is InChI=1S/C23H26F2N2O2/c1-23(2,3)22(29)27-12-4-5-16(14-27)21(28)26-20-11-10-18(25)13-19(20)15-6-8-17(24)9-7-15/h6-11,13,16H,4-5,12,14H2,1-3H3,(H,26,28). The summed E-state index contributed by atoms with van der Waals surface area (Å²) in [6, 6.07) is 9.78. The first-order chi connectivity index (χ1) is 13.6. The Hall–Kier alpha value is -2.76. The average Bonchev–Trinajstić information content (AvgIpc) is 2.68. The second-order valence-electron chi connectivity index (χ2n) is 8.53. The number of benzene rings is 2. The van der Waals surface area contributed by atoms with Crippen LogP contribution in [0.5, 0.6) is 0 Å². The van der Waals surface area contributed by atoms with Gasteiger partial charge in [-0.2, -0.15) is 0 Å². The van der Waals surface area contributed by atoms with Crippen molar-refractivity contribution in [1.82, 2.24) is 4.90 Å². The third-order valence-electron chi connectivity index (χ3n) is 5.12. The average molecular weight is 400 g/mol. The van der Waals surface area contributed by atoms with E-state index >= 15 is 0 Å². The van der Waals surface area contributed by atoms with Gasteiger partial charge < -0.3 is 10.2 Å². The van der Waals surface area contributed by atoms with Gasteiger partial charge in [0, 0.05) is 29.8 Å². The predicted octanol–water partition coefficient (Wildman–Crippen LogP) is 4.86. The lowest BCUT2D eigenvalue weighted by molar-refractivity contribution is -0.142. The van der Waals surface area contributed by atoms with Crippen molar-refractivity contribution in [3.05, 3.63) is 54.1 Å². The number of rotatable bonds is 3. The number of amides is 2. The summed E-state index contributed by atoms with van der Waals surface area (Å²) in [5, 5.41) is 2.88. The highest BCUT2D eigenvalue weighted by molar-refractivity contribution is 5.97. The van der Waals surface area contributed by atoms with E-state index in [4.69, 9.17) is 0 Å². The summed E-state index contributed by atoms with van der Waals surface area (Å²) >= 11 is 0. The van der Waals surface area contributed by atoms with Gasteiger partial charge in [0.15, 0.2) is 0 Å². The van der Waals surface area contributed by atoms with Crippen molar-refractivity contribution in [1.29, 1.82) is 0 Å². The zero-order valence-electron chi connectivity index (χ0n) is 17.0. The maximum atomic E-state index is 13.8. The molecule has 0 aromatic heterocycles. The van der Waals surface area contributed by atoms with Gasteiger partial charge in [0.2, 0.25) is 11.8 Å². The number of halogens is 2. The molecule has 1 aliphatic heterocycles. The Kier molecular flexibility index (Phi) is 6.01. The van der Waals surface area contributed by atoms with Crippen LogP contribution in [0.3, 0.4) is 0 Å². The first kappa shape index (κ1) is 21.0. The Bertz CT molecular complexity index is 904. The number of likely N-dealkylation sites (tertiary alicyclic amines) is 1. The molecule has 2 aromatic rings. The fourth-order valence-electron chi connectivity index (χ4n) is 3.58. The van der Waals surface area contributed by atoms with E-state index in [0.717, 1.165) is 6.42 Å². The van der Waals surface area contributed by atoms with Crippen LogP contribution in [0.1, 0.15) is 33.6 Å². The van der Waals surface area contributed by atoms with Gasteiger partial charge in [-0.1, -0.05) is 32.9 Å². The first-order valence-corrected chi connectivity index (χ1v) is 9.81. The monoisotopic (exact) mass is 400 g/mol. The van der Waals surface area contributed by atoms with Gasteiger partial charge in [-0.05, 0) is 48.7 Å². The molecule has 3 rings (SSSR count). The van der Waals surface area contributed by atoms with Crippen molar-refractivity contribution in [2.75, 3.05) is 18.4 Å². The molecule has 2 aromatic carbocycles. The largest absolute Gasteiger partial charge is 0.341 e. The minimum Gasteiger partial charge on any atom is -0.341 e. The van der Waals surface area contributed by atoms with Gasteiger partial charge >= 0.3 is 0 Å². The lowest BCUT2D eigenvalue weighted by Gasteiger charge is -2.36. The second kappa shape index (κ2) is 8.31. The highest BCUT2D eigenvalue weighted by Crippen LogP contribution is 2.30. The summed E-state index contributed by atoms with van der Waals surface area (Å²) in [4.78, 5) is 27.2. The van der Waals surface area contributed by atoms with Gasteiger partial charge in [0.05, 0.1) is 5.92 Å². The maximum absolute atomic E-state index is 13.8. The number of nitrogens with zero attached hydrogens (tertiary/aromatic N) is 1. The van der Waals surface area contributed by atoms with Crippen molar-refractivity contribution in [3.8, 4) is 11.1 Å². The fourth-order valence-corrected chi connectivity index (χ4v) is 3.58. The van der Waals surface area contributed by atoms with Gasteiger partial charge in [-0.15, -0.1) is 0 Å². The van der Waals surface area contributed by atoms with Crippen LogP contribution in [0, 0.1) is 23.0 Å². The van der Waals surface area contributed by atoms with E-state index in [1.165, 1.54) is 30.3 Å². The first-order valence-electron chi connectivity index (χ1n) is 9.81. The molecular weight excluding hydrogens is 374 g/mol.